The molecule has 1 saturated carbocycles. The van der Waals surface area contributed by atoms with Crippen molar-refractivity contribution in [2.24, 2.45) is 22.5 Å². The van der Waals surface area contributed by atoms with E-state index in [2.05, 4.69) is 28.8 Å². The molecule has 0 unspecified atom stereocenters. The Morgan fingerprint density at radius 3 is 2.87 bits per heavy atom. The number of likely N-dealkylation sites (tertiary alicyclic amines) is 1. The second-order valence-corrected chi connectivity index (χ2v) is 9.45. The highest BCUT2D eigenvalue weighted by Crippen LogP contribution is 2.59. The Hall–Kier alpha value is -3.14. The summed E-state index contributed by atoms with van der Waals surface area (Å²) in [7, 11) is 1.81. The Balaban J connectivity index is 1.53. The number of primary amides is 1. The Labute approximate surface area is 175 Å². The minimum atomic E-state index is -0.655. The van der Waals surface area contributed by atoms with Crippen LogP contribution in [0, 0.1) is 28.6 Å². The number of nitrogens with zero attached hydrogens (tertiary/aromatic N) is 4. The molecular weight excluding hydrogens is 378 g/mol. The van der Waals surface area contributed by atoms with Crippen molar-refractivity contribution in [3.05, 3.63) is 40.8 Å². The van der Waals surface area contributed by atoms with Gasteiger partial charge in [0.1, 0.15) is 5.41 Å². The van der Waals surface area contributed by atoms with Gasteiger partial charge in [0.15, 0.2) is 11.5 Å². The number of amides is 2. The Morgan fingerprint density at radius 2 is 2.17 bits per heavy atom. The predicted molar refractivity (Wildman–Crippen MR) is 111 cm³/mol. The molecule has 0 radical (unpaired) electrons. The van der Waals surface area contributed by atoms with Gasteiger partial charge in [-0.25, -0.2) is 9.67 Å². The number of aromatic nitrogens is 3. The first-order chi connectivity index (χ1) is 14.2. The van der Waals surface area contributed by atoms with Crippen LogP contribution in [0.4, 0.5) is 0 Å². The summed E-state index contributed by atoms with van der Waals surface area (Å²) in [4.78, 5) is 30.6. The fourth-order valence-corrected chi connectivity index (χ4v) is 4.90. The number of rotatable bonds is 2. The van der Waals surface area contributed by atoms with E-state index in [1.54, 1.807) is 15.8 Å². The number of pyridine rings is 1. The van der Waals surface area contributed by atoms with E-state index in [1.807, 2.05) is 26.1 Å². The molecule has 154 valence electrons. The van der Waals surface area contributed by atoms with Crippen LogP contribution < -0.4 is 5.73 Å². The molecule has 5 rings (SSSR count). The van der Waals surface area contributed by atoms with Crippen molar-refractivity contribution in [3.63, 3.8) is 0 Å². The van der Waals surface area contributed by atoms with Crippen molar-refractivity contribution < 1.29 is 9.59 Å². The lowest BCUT2D eigenvalue weighted by molar-refractivity contribution is -0.131. The molecule has 3 aliphatic rings. The largest absolute Gasteiger partial charge is 0.364 e. The van der Waals surface area contributed by atoms with Gasteiger partial charge in [0.2, 0.25) is 5.91 Å². The monoisotopic (exact) mass is 403 g/mol. The molecule has 0 spiro atoms. The number of hydrogen-bond acceptors (Lipinski definition) is 4. The van der Waals surface area contributed by atoms with E-state index in [1.165, 1.54) is 6.42 Å². The number of carbonyl (C=O) groups is 2. The van der Waals surface area contributed by atoms with Crippen LogP contribution in [0.5, 0.6) is 0 Å². The zero-order valence-corrected chi connectivity index (χ0v) is 17.5. The molecule has 2 amide bonds. The van der Waals surface area contributed by atoms with Gasteiger partial charge in [-0.3, -0.25) is 9.59 Å². The van der Waals surface area contributed by atoms with E-state index >= 15 is 0 Å². The summed E-state index contributed by atoms with van der Waals surface area (Å²) < 4.78 is 1.76. The Kier molecular flexibility index (Phi) is 3.88. The summed E-state index contributed by atoms with van der Waals surface area (Å²) in [6.07, 6.45) is 5.29. The molecule has 3 atom stereocenters. The van der Waals surface area contributed by atoms with Gasteiger partial charge in [0.25, 0.3) is 5.91 Å². The van der Waals surface area contributed by atoms with Crippen LogP contribution in [0.2, 0.25) is 0 Å². The fraction of sp³-hybridized carbons (Fsp3) is 0.478. The molecule has 2 aliphatic carbocycles. The van der Waals surface area contributed by atoms with Gasteiger partial charge >= 0.3 is 0 Å². The highest BCUT2D eigenvalue weighted by atomic mass is 16.2. The van der Waals surface area contributed by atoms with Gasteiger partial charge in [-0.1, -0.05) is 18.8 Å². The molecule has 0 aromatic carbocycles. The number of hydrogen-bond donors (Lipinski definition) is 1. The number of fused-ring (bicyclic) bond motifs is 2. The van der Waals surface area contributed by atoms with Crippen LogP contribution in [0.15, 0.2) is 18.3 Å². The maximum atomic E-state index is 12.4. The SMILES string of the molecule is CN1CC[C@@](C)(C#Cc2ccnc(-n3nc(C(N)=O)c4c3C[C@]3(C)C[C@@H]3C4)c2)C1=O. The maximum absolute atomic E-state index is 12.4. The lowest BCUT2D eigenvalue weighted by atomic mass is 9.87. The molecule has 2 fully saturated rings. The van der Waals surface area contributed by atoms with Crippen molar-refractivity contribution in [2.45, 2.75) is 39.5 Å². The van der Waals surface area contributed by atoms with Crippen molar-refractivity contribution >= 4 is 11.8 Å². The van der Waals surface area contributed by atoms with Gasteiger partial charge in [0, 0.05) is 30.9 Å². The summed E-state index contributed by atoms with van der Waals surface area (Å²) >= 11 is 0. The number of nitrogens with two attached hydrogens (primary N) is 1. The molecule has 7 heteroatoms. The van der Waals surface area contributed by atoms with E-state index in [0.717, 1.165) is 42.6 Å². The molecule has 3 heterocycles. The molecule has 7 nitrogen and oxygen atoms in total. The summed E-state index contributed by atoms with van der Waals surface area (Å²) in [5.41, 5.74) is 8.34. The lowest BCUT2D eigenvalue weighted by Gasteiger charge is -2.19. The third-order valence-corrected chi connectivity index (χ3v) is 7.09. The summed E-state index contributed by atoms with van der Waals surface area (Å²) in [5.74, 6) is 7.10. The maximum Gasteiger partial charge on any atom is 0.269 e. The normalized spacial score (nSPS) is 29.1. The standard InChI is InChI=1S/C23H25N5O2/c1-22(7-9-27(3)21(22)30)6-4-14-5-8-25-18(10-14)28-17-13-23(2)12-15(23)11-16(17)19(26-28)20(24)29/h5,8,10,15H,7,9,11-13H2,1-3H3,(H2,24,29)/t15-,22+,23-/m0/s1. The average molecular weight is 403 g/mol. The first-order valence-corrected chi connectivity index (χ1v) is 10.4. The van der Waals surface area contributed by atoms with Crippen LogP contribution in [-0.2, 0) is 17.6 Å². The summed E-state index contributed by atoms with van der Waals surface area (Å²) in [5, 5.41) is 4.53. The van der Waals surface area contributed by atoms with E-state index in [4.69, 9.17) is 5.73 Å². The van der Waals surface area contributed by atoms with Gasteiger partial charge in [-0.05, 0) is 56.1 Å². The molecular formula is C23H25N5O2. The van der Waals surface area contributed by atoms with Crippen LogP contribution in [0.3, 0.4) is 0 Å². The first-order valence-electron chi connectivity index (χ1n) is 10.4. The third-order valence-electron chi connectivity index (χ3n) is 7.09. The molecule has 0 bridgehead atoms. The summed E-state index contributed by atoms with van der Waals surface area (Å²) in [6.45, 7) is 4.90. The zero-order valence-electron chi connectivity index (χ0n) is 17.5. The summed E-state index contributed by atoms with van der Waals surface area (Å²) in [6, 6.07) is 3.69. The highest BCUT2D eigenvalue weighted by Gasteiger charge is 2.54. The van der Waals surface area contributed by atoms with E-state index in [-0.39, 0.29) is 11.3 Å². The van der Waals surface area contributed by atoms with E-state index in [9.17, 15) is 9.59 Å². The van der Waals surface area contributed by atoms with Gasteiger partial charge in [0.05, 0.1) is 5.69 Å². The van der Waals surface area contributed by atoms with Crippen molar-refractivity contribution in [2.75, 3.05) is 13.6 Å². The van der Waals surface area contributed by atoms with Crippen LogP contribution in [0.1, 0.15) is 54.0 Å². The molecule has 2 aromatic rings. The molecule has 2 aromatic heterocycles. The Bertz CT molecular complexity index is 1160. The zero-order chi connectivity index (χ0) is 21.3. The first kappa shape index (κ1) is 18.9. The van der Waals surface area contributed by atoms with Gasteiger partial charge in [-0.2, -0.15) is 5.10 Å². The van der Waals surface area contributed by atoms with Crippen LogP contribution in [0.25, 0.3) is 5.82 Å². The topological polar surface area (TPSA) is 94.1 Å². The quantitative estimate of drug-likeness (QED) is 0.773. The van der Waals surface area contributed by atoms with Crippen molar-refractivity contribution in [1.29, 1.82) is 0 Å². The average Bonchev–Trinajstić information content (AvgIpc) is 3.14. The Morgan fingerprint density at radius 1 is 1.37 bits per heavy atom. The fourth-order valence-electron chi connectivity index (χ4n) is 4.90. The minimum Gasteiger partial charge on any atom is -0.364 e. The number of carbonyl (C=O) groups excluding carboxylic acids is 2. The molecule has 30 heavy (non-hydrogen) atoms. The smallest absolute Gasteiger partial charge is 0.269 e. The lowest BCUT2D eigenvalue weighted by Crippen LogP contribution is -2.28. The predicted octanol–water partition coefficient (Wildman–Crippen LogP) is 1.71. The van der Waals surface area contributed by atoms with Crippen LogP contribution >= 0.6 is 0 Å². The van der Waals surface area contributed by atoms with E-state index < -0.39 is 11.3 Å². The van der Waals surface area contributed by atoms with Gasteiger partial charge < -0.3 is 10.6 Å². The van der Waals surface area contributed by atoms with Gasteiger partial charge in [-0.15, -0.1) is 0 Å². The van der Waals surface area contributed by atoms with E-state index in [0.29, 0.717) is 17.4 Å². The van der Waals surface area contributed by atoms with Crippen molar-refractivity contribution in [1.82, 2.24) is 19.7 Å². The second-order valence-electron chi connectivity index (χ2n) is 9.45. The second kappa shape index (κ2) is 6.18. The third kappa shape index (κ3) is 2.82. The molecule has 2 N–H and O–H groups in total. The molecule has 1 aliphatic heterocycles. The van der Waals surface area contributed by atoms with Crippen molar-refractivity contribution in [3.8, 4) is 17.7 Å². The minimum absolute atomic E-state index is 0.0590. The highest BCUT2D eigenvalue weighted by molar-refractivity contribution is 5.93. The van der Waals surface area contributed by atoms with Crippen LogP contribution in [-0.4, -0.2) is 45.1 Å². The molecule has 1 saturated heterocycles.